The summed E-state index contributed by atoms with van der Waals surface area (Å²) in [4.78, 5) is 27.2. The van der Waals surface area contributed by atoms with Crippen molar-refractivity contribution in [3.05, 3.63) is 28.7 Å². The van der Waals surface area contributed by atoms with Crippen molar-refractivity contribution >= 4 is 22.7 Å². The first kappa shape index (κ1) is 10.7. The average molecular weight is 242 g/mol. The first-order valence-corrected chi connectivity index (χ1v) is 5.57. The molecule has 1 aromatic carbocycles. The number of para-hydroxylation sites is 1. The van der Waals surface area contributed by atoms with Gasteiger partial charge >= 0.3 is 5.76 Å². The van der Waals surface area contributed by atoms with Gasteiger partial charge in [-0.3, -0.25) is 9.78 Å². The van der Waals surface area contributed by atoms with E-state index in [1.807, 2.05) is 0 Å². The van der Waals surface area contributed by atoms with E-state index in [2.05, 4.69) is 10.9 Å². The Bertz CT molecular complexity index is 720. The molecule has 1 aromatic heterocycles. The number of benzene rings is 1. The van der Waals surface area contributed by atoms with Gasteiger partial charge in [0.25, 0.3) is 0 Å². The fourth-order valence-electron chi connectivity index (χ4n) is 2.22. The van der Waals surface area contributed by atoms with E-state index in [9.17, 15) is 9.59 Å². The van der Waals surface area contributed by atoms with Crippen LogP contribution in [0.4, 0.5) is 5.69 Å². The van der Waals surface area contributed by atoms with E-state index in [1.54, 1.807) is 23.1 Å². The quantitative estimate of drug-likeness (QED) is 0.762. The van der Waals surface area contributed by atoms with Gasteiger partial charge in [-0.2, -0.15) is 0 Å². The highest BCUT2D eigenvalue weighted by Gasteiger charge is 2.31. The topological polar surface area (TPSA) is 66.3 Å². The summed E-state index contributed by atoms with van der Waals surface area (Å²) in [5.41, 5.74) is 1.57. The number of oxazole rings is 1. The van der Waals surface area contributed by atoms with E-state index >= 15 is 0 Å². The highest BCUT2D eigenvalue weighted by atomic mass is 16.4. The van der Waals surface area contributed by atoms with E-state index in [1.165, 1.54) is 0 Å². The zero-order valence-electron chi connectivity index (χ0n) is 9.47. The number of aromatic nitrogens is 1. The number of nitrogens with one attached hydrogen (secondary N) is 1. The number of amides is 1. The molecule has 0 bridgehead atoms. The first-order chi connectivity index (χ1) is 8.69. The van der Waals surface area contributed by atoms with Crippen LogP contribution >= 0.6 is 0 Å². The lowest BCUT2D eigenvalue weighted by molar-refractivity contribution is -0.117. The van der Waals surface area contributed by atoms with Crippen LogP contribution < -0.4 is 10.7 Å². The van der Waals surface area contributed by atoms with E-state index < -0.39 is 5.76 Å². The Hall–Kier alpha value is -2.48. The van der Waals surface area contributed by atoms with Crippen molar-refractivity contribution in [1.82, 2.24) is 4.98 Å². The summed E-state index contributed by atoms with van der Waals surface area (Å²) in [5, 5.41) is 0. The molecule has 0 radical (unpaired) electrons. The second kappa shape index (κ2) is 3.77. The van der Waals surface area contributed by atoms with E-state index in [4.69, 9.17) is 10.8 Å². The Kier molecular flexibility index (Phi) is 2.23. The van der Waals surface area contributed by atoms with Crippen molar-refractivity contribution in [1.29, 1.82) is 0 Å². The predicted octanol–water partition coefficient (Wildman–Crippen LogP) is 1.11. The summed E-state index contributed by atoms with van der Waals surface area (Å²) >= 11 is 0. The highest BCUT2D eigenvalue weighted by molar-refractivity contribution is 6.02. The van der Waals surface area contributed by atoms with Gasteiger partial charge in [-0.05, 0) is 12.1 Å². The Morgan fingerprint density at radius 3 is 3.00 bits per heavy atom. The highest BCUT2D eigenvalue weighted by Crippen LogP contribution is 2.30. The molecule has 5 heteroatoms. The summed E-state index contributed by atoms with van der Waals surface area (Å²) in [6.45, 7) is 0.462. The predicted molar refractivity (Wildman–Crippen MR) is 66.1 cm³/mol. The number of hydrogen-bond donors (Lipinski definition) is 1. The summed E-state index contributed by atoms with van der Waals surface area (Å²) in [5.74, 6) is 1.92. The zero-order chi connectivity index (χ0) is 12.7. The van der Waals surface area contributed by atoms with Crippen molar-refractivity contribution < 1.29 is 9.21 Å². The van der Waals surface area contributed by atoms with Gasteiger partial charge in [0.2, 0.25) is 5.91 Å². The van der Waals surface area contributed by atoms with Gasteiger partial charge in [0.15, 0.2) is 5.58 Å². The number of terminal acetylenes is 1. The molecule has 1 N–H and O–H groups in total. The van der Waals surface area contributed by atoms with Gasteiger partial charge in [0.1, 0.15) is 0 Å². The largest absolute Gasteiger partial charge is 0.417 e. The second-order valence-electron chi connectivity index (χ2n) is 4.24. The van der Waals surface area contributed by atoms with Crippen molar-refractivity contribution in [2.45, 2.75) is 6.42 Å². The molecule has 2 aromatic rings. The van der Waals surface area contributed by atoms with Crippen molar-refractivity contribution in [3.63, 3.8) is 0 Å². The number of nitrogens with zero attached hydrogens (tertiary/aromatic N) is 1. The van der Waals surface area contributed by atoms with Gasteiger partial charge < -0.3 is 9.32 Å². The summed E-state index contributed by atoms with van der Waals surface area (Å²) in [7, 11) is 0. The van der Waals surface area contributed by atoms with Gasteiger partial charge in [-0.15, -0.1) is 12.3 Å². The summed E-state index contributed by atoms with van der Waals surface area (Å²) < 4.78 is 5.07. The summed E-state index contributed by atoms with van der Waals surface area (Å²) in [6, 6.07) is 5.23. The lowest BCUT2D eigenvalue weighted by atomic mass is 10.1. The maximum Gasteiger partial charge on any atom is 0.417 e. The number of fused-ring (bicyclic) bond motifs is 1. The lowest BCUT2D eigenvalue weighted by Gasteiger charge is -2.15. The van der Waals surface area contributed by atoms with Crippen LogP contribution in [-0.4, -0.2) is 17.4 Å². The Morgan fingerprint density at radius 2 is 2.28 bits per heavy atom. The third-order valence-corrected chi connectivity index (χ3v) is 3.08. The Labute approximate surface area is 102 Å². The molecule has 90 valence electrons. The molecule has 3 rings (SSSR count). The van der Waals surface area contributed by atoms with Crippen molar-refractivity contribution in [2.75, 3.05) is 11.4 Å². The monoisotopic (exact) mass is 242 g/mol. The van der Waals surface area contributed by atoms with Gasteiger partial charge in [-0.1, -0.05) is 6.07 Å². The molecular formula is C13H10N2O3. The van der Waals surface area contributed by atoms with Crippen molar-refractivity contribution in [2.24, 2.45) is 5.92 Å². The first-order valence-electron chi connectivity index (χ1n) is 5.57. The lowest BCUT2D eigenvalue weighted by Crippen LogP contribution is -2.24. The fraction of sp³-hybridized carbons (Fsp3) is 0.231. The number of anilines is 1. The maximum atomic E-state index is 11.9. The van der Waals surface area contributed by atoms with Crippen LogP contribution in [0.2, 0.25) is 0 Å². The Balaban J connectivity index is 2.13. The van der Waals surface area contributed by atoms with Crippen LogP contribution in [0.5, 0.6) is 0 Å². The molecular weight excluding hydrogens is 232 g/mol. The average Bonchev–Trinajstić information content (AvgIpc) is 2.90. The Morgan fingerprint density at radius 1 is 1.44 bits per heavy atom. The third kappa shape index (κ3) is 1.51. The summed E-state index contributed by atoms with van der Waals surface area (Å²) in [6.07, 6.45) is 5.68. The standard InChI is InChI=1S/C13H10N2O3/c1-2-8-6-11(16)15(7-8)10-5-3-4-9-12(10)18-13(17)14-9/h1,3-5,8H,6-7H2,(H,14,17). The minimum atomic E-state index is -0.530. The minimum absolute atomic E-state index is 0.0469. The number of aromatic amines is 1. The van der Waals surface area contributed by atoms with Gasteiger partial charge in [-0.25, -0.2) is 4.79 Å². The molecule has 1 atom stereocenters. The van der Waals surface area contributed by atoms with Gasteiger partial charge in [0, 0.05) is 18.9 Å². The van der Waals surface area contributed by atoms with E-state index in [0.29, 0.717) is 29.8 Å². The van der Waals surface area contributed by atoms with Crippen LogP contribution in [0, 0.1) is 18.3 Å². The molecule has 1 amide bonds. The SMILES string of the molecule is C#CC1CC(=O)N(c2cccc3[nH]c(=O)oc23)C1. The number of rotatable bonds is 1. The molecule has 5 nitrogen and oxygen atoms in total. The molecule has 1 fully saturated rings. The van der Waals surface area contributed by atoms with Crippen LogP contribution in [0.1, 0.15) is 6.42 Å². The maximum absolute atomic E-state index is 11.9. The van der Waals surface area contributed by atoms with E-state index in [-0.39, 0.29) is 11.8 Å². The molecule has 0 saturated carbocycles. The molecule has 1 saturated heterocycles. The fourth-order valence-corrected chi connectivity index (χ4v) is 2.22. The van der Waals surface area contributed by atoms with Crippen LogP contribution in [0.15, 0.2) is 27.4 Å². The zero-order valence-corrected chi connectivity index (χ0v) is 9.47. The molecule has 0 aliphatic carbocycles. The molecule has 2 heterocycles. The molecule has 18 heavy (non-hydrogen) atoms. The number of carbonyl (C=O) groups is 1. The normalized spacial score (nSPS) is 19.4. The van der Waals surface area contributed by atoms with Gasteiger partial charge in [0.05, 0.1) is 11.2 Å². The molecule has 0 spiro atoms. The molecule has 1 aliphatic heterocycles. The number of hydrogen-bond acceptors (Lipinski definition) is 3. The number of carbonyl (C=O) groups excluding carboxylic acids is 1. The van der Waals surface area contributed by atoms with Crippen LogP contribution in [0.3, 0.4) is 0 Å². The molecule has 1 aliphatic rings. The minimum Gasteiger partial charge on any atom is -0.406 e. The third-order valence-electron chi connectivity index (χ3n) is 3.08. The van der Waals surface area contributed by atoms with Crippen molar-refractivity contribution in [3.8, 4) is 12.3 Å². The smallest absolute Gasteiger partial charge is 0.406 e. The second-order valence-corrected chi connectivity index (χ2v) is 4.24. The molecule has 1 unspecified atom stereocenters. The van der Waals surface area contributed by atoms with E-state index in [0.717, 1.165) is 0 Å². The van der Waals surface area contributed by atoms with Crippen LogP contribution in [0.25, 0.3) is 11.1 Å². The van der Waals surface area contributed by atoms with Crippen LogP contribution in [-0.2, 0) is 4.79 Å². The number of H-pyrrole nitrogens is 1.